The molecule has 146 valence electrons. The van der Waals surface area contributed by atoms with Crippen LogP contribution in [0.3, 0.4) is 0 Å². The molecule has 0 aromatic carbocycles. The molecule has 0 fully saturated rings. The smallest absolute Gasteiger partial charge is 0.303 e. The van der Waals surface area contributed by atoms with E-state index in [1.54, 1.807) is 12.2 Å². The van der Waals surface area contributed by atoms with Crippen LogP contribution in [0.4, 0.5) is 0 Å². The zero-order valence-electron chi connectivity index (χ0n) is 15.8. The minimum Gasteiger partial charge on any atom is -0.481 e. The van der Waals surface area contributed by atoms with E-state index >= 15 is 0 Å². The van der Waals surface area contributed by atoms with Crippen LogP contribution in [-0.4, -0.2) is 33.5 Å². The van der Waals surface area contributed by atoms with Crippen molar-refractivity contribution in [3.63, 3.8) is 0 Å². The third kappa shape index (κ3) is 18.4. The summed E-state index contributed by atoms with van der Waals surface area (Å²) in [4.78, 5) is 10.4. The number of aliphatic hydroxyl groups is 2. The second kappa shape index (κ2) is 17.9. The van der Waals surface area contributed by atoms with Crippen LogP contribution >= 0.6 is 0 Å². The SMILES string of the molecule is CCC(O)/C=C/C=C\C/C=C\C=C/C(O)C/C=C\CCCCCC(=O)O. The average molecular weight is 363 g/mol. The van der Waals surface area contributed by atoms with Crippen molar-refractivity contribution in [3.05, 3.63) is 60.8 Å². The van der Waals surface area contributed by atoms with Gasteiger partial charge < -0.3 is 15.3 Å². The van der Waals surface area contributed by atoms with Crippen molar-refractivity contribution in [2.75, 3.05) is 0 Å². The summed E-state index contributed by atoms with van der Waals surface area (Å²) >= 11 is 0. The molecule has 0 aliphatic rings. The fourth-order valence-electron chi connectivity index (χ4n) is 2.06. The highest BCUT2D eigenvalue weighted by molar-refractivity contribution is 5.66. The summed E-state index contributed by atoms with van der Waals surface area (Å²) in [5.41, 5.74) is 0. The van der Waals surface area contributed by atoms with Crippen molar-refractivity contribution in [2.45, 2.75) is 70.5 Å². The Kier molecular flexibility index (Phi) is 16.6. The molecular formula is C22H34O4. The number of allylic oxidation sites excluding steroid dienone is 7. The quantitative estimate of drug-likeness (QED) is 0.224. The first-order valence-corrected chi connectivity index (χ1v) is 9.45. The maximum absolute atomic E-state index is 10.4. The van der Waals surface area contributed by atoms with Gasteiger partial charge in [0.15, 0.2) is 0 Å². The van der Waals surface area contributed by atoms with Gasteiger partial charge in [-0.05, 0) is 38.5 Å². The van der Waals surface area contributed by atoms with Crippen LogP contribution in [0.2, 0.25) is 0 Å². The molecule has 26 heavy (non-hydrogen) atoms. The first-order valence-electron chi connectivity index (χ1n) is 9.45. The highest BCUT2D eigenvalue weighted by Gasteiger charge is 1.96. The van der Waals surface area contributed by atoms with Crippen LogP contribution < -0.4 is 0 Å². The Morgan fingerprint density at radius 1 is 0.846 bits per heavy atom. The summed E-state index contributed by atoms with van der Waals surface area (Å²) in [5.74, 6) is -0.732. The monoisotopic (exact) mass is 362 g/mol. The van der Waals surface area contributed by atoms with Crippen molar-refractivity contribution in [3.8, 4) is 0 Å². The van der Waals surface area contributed by atoms with Gasteiger partial charge in [0.25, 0.3) is 0 Å². The molecule has 0 saturated carbocycles. The summed E-state index contributed by atoms with van der Waals surface area (Å²) in [7, 11) is 0. The Bertz CT molecular complexity index is 486. The second-order valence-corrected chi connectivity index (χ2v) is 6.10. The number of carboxylic acids is 1. The molecule has 0 saturated heterocycles. The molecule has 0 spiro atoms. The topological polar surface area (TPSA) is 77.8 Å². The lowest BCUT2D eigenvalue weighted by atomic mass is 10.1. The van der Waals surface area contributed by atoms with Gasteiger partial charge in [0.2, 0.25) is 0 Å². The zero-order chi connectivity index (χ0) is 19.5. The van der Waals surface area contributed by atoms with Crippen molar-refractivity contribution in [1.82, 2.24) is 0 Å². The number of carbonyl (C=O) groups is 1. The minimum absolute atomic E-state index is 0.245. The van der Waals surface area contributed by atoms with Gasteiger partial charge >= 0.3 is 5.97 Å². The third-order valence-corrected chi connectivity index (χ3v) is 3.66. The summed E-state index contributed by atoms with van der Waals surface area (Å²) in [6.07, 6.45) is 24.1. The molecule has 0 aliphatic heterocycles. The fraction of sp³-hybridized carbons (Fsp3) is 0.500. The van der Waals surface area contributed by atoms with Gasteiger partial charge in [0, 0.05) is 6.42 Å². The van der Waals surface area contributed by atoms with Gasteiger partial charge in [0.1, 0.15) is 0 Å². The number of unbranched alkanes of at least 4 members (excludes halogenated alkanes) is 3. The van der Waals surface area contributed by atoms with Crippen LogP contribution in [0, 0.1) is 0 Å². The lowest BCUT2D eigenvalue weighted by molar-refractivity contribution is -0.137. The third-order valence-electron chi connectivity index (χ3n) is 3.66. The van der Waals surface area contributed by atoms with Gasteiger partial charge in [-0.15, -0.1) is 0 Å². The van der Waals surface area contributed by atoms with Gasteiger partial charge in [0.05, 0.1) is 12.2 Å². The maximum Gasteiger partial charge on any atom is 0.303 e. The second-order valence-electron chi connectivity index (χ2n) is 6.10. The highest BCUT2D eigenvalue weighted by atomic mass is 16.4. The Morgan fingerprint density at radius 3 is 2.12 bits per heavy atom. The van der Waals surface area contributed by atoms with E-state index in [0.29, 0.717) is 6.42 Å². The Morgan fingerprint density at radius 2 is 1.50 bits per heavy atom. The standard InChI is InChI=1S/C22H34O4/c1-2-20(23)16-12-8-4-3-5-9-13-17-21(24)18-14-10-6-7-11-15-19-22(25)26/h4-5,8-10,12-14,16-17,20-21,23-24H,2-3,6-7,11,15,18-19H2,1H3,(H,25,26)/b8-4-,9-5-,14-10-,16-12+,17-13-. The first-order chi connectivity index (χ1) is 12.6. The van der Waals surface area contributed by atoms with Crippen molar-refractivity contribution in [2.24, 2.45) is 0 Å². The van der Waals surface area contributed by atoms with Crippen LogP contribution in [0.1, 0.15) is 58.3 Å². The predicted molar refractivity (Wildman–Crippen MR) is 108 cm³/mol. The van der Waals surface area contributed by atoms with E-state index in [1.165, 1.54) is 0 Å². The molecule has 0 amide bonds. The van der Waals surface area contributed by atoms with Crippen LogP contribution in [0.5, 0.6) is 0 Å². The summed E-state index contributed by atoms with van der Waals surface area (Å²) in [5, 5.41) is 27.7. The molecule has 0 rings (SSSR count). The molecular weight excluding hydrogens is 328 g/mol. The lowest BCUT2D eigenvalue weighted by Gasteiger charge is -1.99. The molecule has 0 aliphatic carbocycles. The number of carboxylic acid groups (broad SMARTS) is 1. The number of aliphatic carboxylic acids is 1. The van der Waals surface area contributed by atoms with E-state index in [1.807, 2.05) is 55.5 Å². The average Bonchev–Trinajstić information content (AvgIpc) is 2.61. The van der Waals surface area contributed by atoms with E-state index in [2.05, 4.69) is 0 Å². The zero-order valence-corrected chi connectivity index (χ0v) is 15.8. The molecule has 4 nitrogen and oxygen atoms in total. The lowest BCUT2D eigenvalue weighted by Crippen LogP contribution is -1.98. The number of hydrogen-bond donors (Lipinski definition) is 3. The predicted octanol–water partition coefficient (Wildman–Crippen LogP) is 4.71. The maximum atomic E-state index is 10.4. The fourth-order valence-corrected chi connectivity index (χ4v) is 2.06. The van der Waals surface area contributed by atoms with Crippen molar-refractivity contribution < 1.29 is 20.1 Å². The largest absolute Gasteiger partial charge is 0.481 e. The van der Waals surface area contributed by atoms with Crippen LogP contribution in [0.15, 0.2) is 60.8 Å². The van der Waals surface area contributed by atoms with Gasteiger partial charge in [-0.1, -0.05) is 74.1 Å². The molecule has 2 atom stereocenters. The minimum atomic E-state index is -0.732. The Hall–Kier alpha value is -1.91. The summed E-state index contributed by atoms with van der Waals surface area (Å²) in [6, 6.07) is 0. The molecule has 2 unspecified atom stereocenters. The molecule has 4 heteroatoms. The van der Waals surface area contributed by atoms with Gasteiger partial charge in [-0.25, -0.2) is 0 Å². The highest BCUT2D eigenvalue weighted by Crippen LogP contribution is 2.05. The van der Waals surface area contributed by atoms with Crippen molar-refractivity contribution in [1.29, 1.82) is 0 Å². The molecule has 3 N–H and O–H groups in total. The van der Waals surface area contributed by atoms with Crippen molar-refractivity contribution >= 4 is 5.97 Å². The van der Waals surface area contributed by atoms with E-state index in [0.717, 1.165) is 38.5 Å². The Labute approximate surface area is 157 Å². The molecule has 0 aromatic heterocycles. The van der Waals surface area contributed by atoms with Crippen LogP contribution in [-0.2, 0) is 4.79 Å². The summed E-state index contributed by atoms with van der Waals surface area (Å²) in [6.45, 7) is 1.93. The van der Waals surface area contributed by atoms with E-state index in [4.69, 9.17) is 5.11 Å². The molecule has 0 radical (unpaired) electrons. The number of rotatable bonds is 15. The molecule has 0 heterocycles. The first kappa shape index (κ1) is 24.1. The molecule has 0 bridgehead atoms. The van der Waals surface area contributed by atoms with Crippen LogP contribution in [0.25, 0.3) is 0 Å². The molecule has 0 aromatic rings. The van der Waals surface area contributed by atoms with Gasteiger partial charge in [-0.3, -0.25) is 4.79 Å². The summed E-state index contributed by atoms with van der Waals surface area (Å²) < 4.78 is 0. The normalized spacial score (nSPS) is 15.2. The number of aliphatic hydroxyl groups excluding tert-OH is 2. The Balaban J connectivity index is 3.71. The van der Waals surface area contributed by atoms with E-state index in [9.17, 15) is 15.0 Å². The van der Waals surface area contributed by atoms with E-state index in [-0.39, 0.29) is 12.5 Å². The number of hydrogen-bond acceptors (Lipinski definition) is 3. The van der Waals surface area contributed by atoms with Gasteiger partial charge in [-0.2, -0.15) is 0 Å². The van der Waals surface area contributed by atoms with E-state index < -0.39 is 12.1 Å².